The van der Waals surface area contributed by atoms with Crippen molar-refractivity contribution in [1.29, 1.82) is 0 Å². The molecule has 1 N–H and O–H groups in total. The number of aryl methyl sites for hydroxylation is 2. The first-order valence-electron chi connectivity index (χ1n) is 7.14. The lowest BCUT2D eigenvalue weighted by Crippen LogP contribution is -2.16. The molecular formula is C16H23N3. The van der Waals surface area contributed by atoms with Crippen molar-refractivity contribution in [3.05, 3.63) is 54.1 Å². The van der Waals surface area contributed by atoms with E-state index < -0.39 is 0 Å². The summed E-state index contributed by atoms with van der Waals surface area (Å²) in [5.41, 5.74) is 2.69. The van der Waals surface area contributed by atoms with Crippen LogP contribution in [0.1, 0.15) is 31.0 Å². The van der Waals surface area contributed by atoms with E-state index in [4.69, 9.17) is 0 Å². The van der Waals surface area contributed by atoms with Crippen molar-refractivity contribution >= 4 is 0 Å². The van der Waals surface area contributed by atoms with E-state index in [0.29, 0.717) is 0 Å². The van der Waals surface area contributed by atoms with E-state index in [1.54, 1.807) is 0 Å². The van der Waals surface area contributed by atoms with Gasteiger partial charge in [0.05, 0.1) is 12.0 Å². The van der Waals surface area contributed by atoms with Crippen molar-refractivity contribution in [3.63, 3.8) is 0 Å². The Balaban J connectivity index is 1.78. The Morgan fingerprint density at radius 1 is 1.21 bits per heavy atom. The van der Waals surface area contributed by atoms with Crippen LogP contribution in [-0.2, 0) is 19.5 Å². The molecule has 0 saturated heterocycles. The molecule has 102 valence electrons. The number of hydrogen-bond donors (Lipinski definition) is 1. The minimum absolute atomic E-state index is 0.916. The maximum absolute atomic E-state index is 4.25. The van der Waals surface area contributed by atoms with Crippen LogP contribution >= 0.6 is 0 Å². The average Bonchev–Trinajstić information content (AvgIpc) is 2.88. The molecule has 1 heterocycles. The van der Waals surface area contributed by atoms with Gasteiger partial charge in [0, 0.05) is 19.3 Å². The molecule has 0 unspecified atom stereocenters. The molecule has 0 aliphatic carbocycles. The fraction of sp³-hybridized carbons (Fsp3) is 0.438. The standard InChI is InChI=1S/C16H23N3/c1-2-10-17-12-16-13-18-14-19(16)11-6-9-15-7-4-3-5-8-15/h3-5,7-8,13-14,17H,2,6,9-12H2,1H3. The quantitative estimate of drug-likeness (QED) is 0.737. The number of nitrogens with zero attached hydrogens (tertiary/aromatic N) is 2. The molecular weight excluding hydrogens is 234 g/mol. The van der Waals surface area contributed by atoms with Gasteiger partial charge in [-0.2, -0.15) is 0 Å². The van der Waals surface area contributed by atoms with Crippen molar-refractivity contribution in [2.75, 3.05) is 6.54 Å². The third-order valence-electron chi connectivity index (χ3n) is 3.24. The molecule has 2 rings (SSSR count). The number of hydrogen-bond acceptors (Lipinski definition) is 2. The fourth-order valence-corrected chi connectivity index (χ4v) is 2.19. The lowest BCUT2D eigenvalue weighted by atomic mass is 10.1. The maximum atomic E-state index is 4.25. The Bertz CT molecular complexity index is 462. The van der Waals surface area contributed by atoms with Gasteiger partial charge in [-0.05, 0) is 31.4 Å². The molecule has 0 amide bonds. The highest BCUT2D eigenvalue weighted by Gasteiger charge is 2.01. The van der Waals surface area contributed by atoms with Gasteiger partial charge in [0.2, 0.25) is 0 Å². The van der Waals surface area contributed by atoms with Crippen molar-refractivity contribution < 1.29 is 0 Å². The largest absolute Gasteiger partial charge is 0.333 e. The summed E-state index contributed by atoms with van der Waals surface area (Å²) >= 11 is 0. The molecule has 0 aliphatic rings. The van der Waals surface area contributed by atoms with E-state index in [1.807, 2.05) is 12.5 Å². The van der Waals surface area contributed by atoms with Gasteiger partial charge < -0.3 is 9.88 Å². The average molecular weight is 257 g/mol. The Kier molecular flexibility index (Phi) is 5.63. The SMILES string of the molecule is CCCNCc1cncn1CCCc1ccccc1. The molecule has 19 heavy (non-hydrogen) atoms. The molecule has 0 atom stereocenters. The van der Waals surface area contributed by atoms with Crippen molar-refractivity contribution in [2.45, 2.75) is 39.3 Å². The van der Waals surface area contributed by atoms with Gasteiger partial charge in [0.1, 0.15) is 0 Å². The normalized spacial score (nSPS) is 10.8. The first-order chi connectivity index (χ1) is 9.40. The smallest absolute Gasteiger partial charge is 0.0948 e. The summed E-state index contributed by atoms with van der Waals surface area (Å²) in [5, 5.41) is 3.43. The Hall–Kier alpha value is -1.61. The molecule has 1 aromatic heterocycles. The third kappa shape index (κ3) is 4.52. The molecule has 0 spiro atoms. The van der Waals surface area contributed by atoms with Gasteiger partial charge in [-0.25, -0.2) is 4.98 Å². The second-order valence-electron chi connectivity index (χ2n) is 4.84. The highest BCUT2D eigenvalue weighted by atomic mass is 15.1. The second kappa shape index (κ2) is 7.74. The summed E-state index contributed by atoms with van der Waals surface area (Å²) in [5.74, 6) is 0. The zero-order valence-electron chi connectivity index (χ0n) is 11.7. The Morgan fingerprint density at radius 3 is 2.84 bits per heavy atom. The molecule has 3 nitrogen and oxygen atoms in total. The number of imidazole rings is 1. The van der Waals surface area contributed by atoms with Gasteiger partial charge in [-0.1, -0.05) is 37.3 Å². The fourth-order valence-electron chi connectivity index (χ4n) is 2.19. The van der Waals surface area contributed by atoms with E-state index >= 15 is 0 Å². The van der Waals surface area contributed by atoms with Crippen molar-refractivity contribution in [3.8, 4) is 0 Å². The molecule has 0 radical (unpaired) electrons. The van der Waals surface area contributed by atoms with Crippen LogP contribution < -0.4 is 5.32 Å². The summed E-state index contributed by atoms with van der Waals surface area (Å²) in [7, 11) is 0. The van der Waals surface area contributed by atoms with Crippen LogP contribution in [0.15, 0.2) is 42.9 Å². The molecule has 1 aromatic carbocycles. The molecule has 0 fully saturated rings. The zero-order chi connectivity index (χ0) is 13.3. The minimum Gasteiger partial charge on any atom is -0.333 e. The van der Waals surface area contributed by atoms with Crippen LogP contribution in [0.2, 0.25) is 0 Å². The second-order valence-corrected chi connectivity index (χ2v) is 4.84. The van der Waals surface area contributed by atoms with Crippen LogP contribution in [0.3, 0.4) is 0 Å². The van der Waals surface area contributed by atoms with Crippen LogP contribution in [0.4, 0.5) is 0 Å². The molecule has 3 heteroatoms. The van der Waals surface area contributed by atoms with Crippen molar-refractivity contribution in [2.24, 2.45) is 0 Å². The topological polar surface area (TPSA) is 29.9 Å². The predicted octanol–water partition coefficient (Wildman–Crippen LogP) is 3.02. The van der Waals surface area contributed by atoms with E-state index in [9.17, 15) is 0 Å². The Labute approximate surface area is 115 Å². The summed E-state index contributed by atoms with van der Waals surface area (Å²) < 4.78 is 2.26. The van der Waals surface area contributed by atoms with Crippen LogP contribution in [0, 0.1) is 0 Å². The lowest BCUT2D eigenvalue weighted by Gasteiger charge is -2.09. The van der Waals surface area contributed by atoms with Gasteiger partial charge in [0.15, 0.2) is 0 Å². The zero-order valence-corrected chi connectivity index (χ0v) is 11.7. The maximum Gasteiger partial charge on any atom is 0.0948 e. The van der Waals surface area contributed by atoms with E-state index in [0.717, 1.165) is 32.5 Å². The van der Waals surface area contributed by atoms with E-state index in [1.165, 1.54) is 17.7 Å². The van der Waals surface area contributed by atoms with Crippen LogP contribution in [0.25, 0.3) is 0 Å². The molecule has 0 aliphatic heterocycles. The first-order valence-corrected chi connectivity index (χ1v) is 7.14. The first kappa shape index (κ1) is 13.8. The number of benzene rings is 1. The summed E-state index contributed by atoms with van der Waals surface area (Å²) in [6.07, 6.45) is 7.35. The Morgan fingerprint density at radius 2 is 2.05 bits per heavy atom. The van der Waals surface area contributed by atoms with E-state index in [2.05, 4.69) is 52.1 Å². The highest BCUT2D eigenvalue weighted by molar-refractivity contribution is 5.14. The summed E-state index contributed by atoms with van der Waals surface area (Å²) in [6, 6.07) is 10.7. The minimum atomic E-state index is 0.916. The molecule has 0 bridgehead atoms. The summed E-state index contributed by atoms with van der Waals surface area (Å²) in [6.45, 7) is 5.20. The molecule has 2 aromatic rings. The van der Waals surface area contributed by atoms with Gasteiger partial charge >= 0.3 is 0 Å². The molecule has 0 saturated carbocycles. The van der Waals surface area contributed by atoms with Gasteiger partial charge in [0.25, 0.3) is 0 Å². The number of nitrogens with one attached hydrogen (secondary N) is 1. The van der Waals surface area contributed by atoms with Gasteiger partial charge in [-0.3, -0.25) is 0 Å². The van der Waals surface area contributed by atoms with E-state index in [-0.39, 0.29) is 0 Å². The van der Waals surface area contributed by atoms with Crippen LogP contribution in [0.5, 0.6) is 0 Å². The summed E-state index contributed by atoms with van der Waals surface area (Å²) in [4.78, 5) is 4.25. The number of rotatable bonds is 8. The third-order valence-corrected chi connectivity index (χ3v) is 3.24. The predicted molar refractivity (Wildman–Crippen MR) is 79.0 cm³/mol. The van der Waals surface area contributed by atoms with Gasteiger partial charge in [-0.15, -0.1) is 0 Å². The van der Waals surface area contributed by atoms with Crippen LogP contribution in [-0.4, -0.2) is 16.1 Å². The number of aromatic nitrogens is 2. The van der Waals surface area contributed by atoms with Crippen molar-refractivity contribution in [1.82, 2.24) is 14.9 Å². The monoisotopic (exact) mass is 257 g/mol. The highest BCUT2D eigenvalue weighted by Crippen LogP contribution is 2.06. The lowest BCUT2D eigenvalue weighted by molar-refractivity contribution is 0.583.